The van der Waals surface area contributed by atoms with Crippen LogP contribution in [0.15, 0.2) is 66.7 Å². The van der Waals surface area contributed by atoms with E-state index in [0.717, 1.165) is 30.4 Å². The molecule has 0 bridgehead atoms. The molecule has 1 aliphatic carbocycles. The molecule has 1 aliphatic heterocycles. The normalized spacial score (nSPS) is 17.3. The Morgan fingerprint density at radius 2 is 1.68 bits per heavy atom. The maximum absolute atomic E-state index is 13.1. The number of carbonyl (C=O) groups excluding carboxylic acids is 3. The summed E-state index contributed by atoms with van der Waals surface area (Å²) >= 11 is 0. The first-order chi connectivity index (χ1) is 15.0. The van der Waals surface area contributed by atoms with Gasteiger partial charge in [0.05, 0.1) is 22.9 Å². The Labute approximate surface area is 180 Å². The predicted molar refractivity (Wildman–Crippen MR) is 118 cm³/mol. The van der Waals surface area contributed by atoms with Crippen LogP contribution in [-0.4, -0.2) is 17.7 Å². The molecule has 5 heteroatoms. The van der Waals surface area contributed by atoms with Gasteiger partial charge in [0.25, 0.3) is 17.7 Å². The number of carbonyl (C=O) groups is 3. The van der Waals surface area contributed by atoms with Gasteiger partial charge in [-0.25, -0.2) is 4.90 Å². The Hall–Kier alpha value is -3.73. The fourth-order valence-corrected chi connectivity index (χ4v) is 4.56. The Kier molecular flexibility index (Phi) is 4.66. The van der Waals surface area contributed by atoms with E-state index in [1.54, 1.807) is 24.3 Å². The van der Waals surface area contributed by atoms with Crippen LogP contribution < -0.4 is 10.2 Å². The second kappa shape index (κ2) is 7.51. The molecule has 2 aliphatic rings. The molecule has 0 aromatic heterocycles. The molecule has 0 spiro atoms. The van der Waals surface area contributed by atoms with E-state index in [9.17, 15) is 14.4 Å². The molecular formula is C26H22N2O3. The summed E-state index contributed by atoms with van der Waals surface area (Å²) in [6.07, 6.45) is 2.92. The number of fused-ring (bicyclic) bond motifs is 2. The molecule has 3 aromatic rings. The molecule has 0 saturated heterocycles. The van der Waals surface area contributed by atoms with Gasteiger partial charge in [-0.1, -0.05) is 42.5 Å². The quantitative estimate of drug-likeness (QED) is 0.642. The number of benzene rings is 3. The Morgan fingerprint density at radius 3 is 2.52 bits per heavy atom. The highest BCUT2D eigenvalue weighted by Gasteiger charge is 2.37. The molecule has 3 amide bonds. The number of aryl methyl sites for hydroxylation is 2. The molecule has 0 saturated carbocycles. The smallest absolute Gasteiger partial charge is 0.266 e. The van der Waals surface area contributed by atoms with Crippen molar-refractivity contribution in [3.63, 3.8) is 0 Å². The summed E-state index contributed by atoms with van der Waals surface area (Å²) in [6, 6.07) is 20.1. The lowest BCUT2D eigenvalue weighted by molar-refractivity contribution is 0.0920. The van der Waals surface area contributed by atoms with Crippen molar-refractivity contribution in [3.8, 4) is 0 Å². The Bertz CT molecular complexity index is 1230. The fourth-order valence-electron chi connectivity index (χ4n) is 4.56. The average molecular weight is 410 g/mol. The first kappa shape index (κ1) is 19.2. The lowest BCUT2D eigenvalue weighted by Gasteiger charge is -2.26. The van der Waals surface area contributed by atoms with Crippen molar-refractivity contribution in [1.29, 1.82) is 0 Å². The van der Waals surface area contributed by atoms with Gasteiger partial charge in [0.15, 0.2) is 0 Å². The number of hydrogen-bond donors (Lipinski definition) is 1. The van der Waals surface area contributed by atoms with Crippen LogP contribution in [0.5, 0.6) is 0 Å². The summed E-state index contributed by atoms with van der Waals surface area (Å²) in [5, 5.41) is 3.11. The van der Waals surface area contributed by atoms with Gasteiger partial charge >= 0.3 is 0 Å². The van der Waals surface area contributed by atoms with E-state index in [4.69, 9.17) is 0 Å². The van der Waals surface area contributed by atoms with Crippen molar-refractivity contribution in [2.24, 2.45) is 0 Å². The number of para-hydroxylation sites is 1. The van der Waals surface area contributed by atoms with E-state index < -0.39 is 5.91 Å². The Balaban J connectivity index is 1.42. The van der Waals surface area contributed by atoms with E-state index in [-0.39, 0.29) is 23.4 Å². The molecule has 5 nitrogen and oxygen atoms in total. The van der Waals surface area contributed by atoms with Crippen molar-refractivity contribution in [2.45, 2.75) is 32.2 Å². The number of anilines is 1. The van der Waals surface area contributed by atoms with Crippen molar-refractivity contribution < 1.29 is 14.4 Å². The summed E-state index contributed by atoms with van der Waals surface area (Å²) in [4.78, 5) is 40.2. The van der Waals surface area contributed by atoms with E-state index >= 15 is 0 Å². The highest BCUT2D eigenvalue weighted by Crippen LogP contribution is 2.32. The number of rotatable bonds is 3. The van der Waals surface area contributed by atoms with E-state index in [2.05, 4.69) is 17.4 Å². The number of hydrogen-bond acceptors (Lipinski definition) is 3. The molecule has 0 radical (unpaired) electrons. The summed E-state index contributed by atoms with van der Waals surface area (Å²) in [5.74, 6) is -0.992. The summed E-state index contributed by atoms with van der Waals surface area (Å²) in [6.45, 7) is 1.86. The van der Waals surface area contributed by atoms with Crippen molar-refractivity contribution in [1.82, 2.24) is 5.32 Å². The van der Waals surface area contributed by atoms with E-state index in [1.807, 2.05) is 31.2 Å². The zero-order chi connectivity index (χ0) is 21.5. The van der Waals surface area contributed by atoms with Crippen LogP contribution >= 0.6 is 0 Å². The van der Waals surface area contributed by atoms with Crippen LogP contribution in [-0.2, 0) is 6.42 Å². The molecule has 154 valence electrons. The van der Waals surface area contributed by atoms with Crippen LogP contribution in [0, 0.1) is 6.92 Å². The SMILES string of the molecule is Cc1ccccc1N1C(=O)c2ccc(C(=O)N[C@H]3CCCc4ccccc43)cc2C1=O. The maximum atomic E-state index is 13.1. The van der Waals surface area contributed by atoms with Crippen LogP contribution in [0.4, 0.5) is 5.69 Å². The third-order valence-corrected chi connectivity index (χ3v) is 6.18. The average Bonchev–Trinajstić information content (AvgIpc) is 3.04. The summed E-state index contributed by atoms with van der Waals surface area (Å²) < 4.78 is 0. The van der Waals surface area contributed by atoms with E-state index in [0.29, 0.717) is 16.8 Å². The zero-order valence-electron chi connectivity index (χ0n) is 17.2. The molecule has 1 atom stereocenters. The standard InChI is InChI=1S/C26H22N2O3/c1-16-7-2-5-12-23(16)28-25(30)20-14-13-18(15-21(20)26(28)31)24(29)27-22-11-6-9-17-8-3-4-10-19(17)22/h2-5,7-8,10,12-15,22H,6,9,11H2,1H3,(H,27,29)/t22-/m0/s1. The summed E-state index contributed by atoms with van der Waals surface area (Å²) in [5.41, 5.74) is 4.81. The number of amides is 3. The molecule has 5 rings (SSSR count). The first-order valence-corrected chi connectivity index (χ1v) is 10.5. The molecule has 0 fully saturated rings. The van der Waals surface area contributed by atoms with Crippen molar-refractivity contribution >= 4 is 23.4 Å². The largest absolute Gasteiger partial charge is 0.345 e. The lowest BCUT2D eigenvalue weighted by atomic mass is 9.87. The second-order valence-corrected chi connectivity index (χ2v) is 8.11. The minimum Gasteiger partial charge on any atom is -0.345 e. The fraction of sp³-hybridized carbons (Fsp3) is 0.192. The van der Waals surface area contributed by atoms with Gasteiger partial charge in [0.1, 0.15) is 0 Å². The minimum absolute atomic E-state index is 0.0495. The van der Waals surface area contributed by atoms with Gasteiger partial charge < -0.3 is 5.32 Å². The van der Waals surface area contributed by atoms with Gasteiger partial charge in [-0.15, -0.1) is 0 Å². The first-order valence-electron chi connectivity index (χ1n) is 10.5. The molecule has 0 unspecified atom stereocenters. The molecule has 3 aromatic carbocycles. The van der Waals surface area contributed by atoms with Crippen LogP contribution in [0.2, 0.25) is 0 Å². The Morgan fingerprint density at radius 1 is 0.935 bits per heavy atom. The number of nitrogens with one attached hydrogen (secondary N) is 1. The number of imide groups is 1. The number of nitrogens with zero attached hydrogens (tertiary/aromatic N) is 1. The van der Waals surface area contributed by atoms with Crippen molar-refractivity contribution in [3.05, 3.63) is 100 Å². The van der Waals surface area contributed by atoms with Gasteiger partial charge in [0.2, 0.25) is 0 Å². The van der Waals surface area contributed by atoms with Crippen LogP contribution in [0.3, 0.4) is 0 Å². The van der Waals surface area contributed by atoms with Gasteiger partial charge in [-0.3, -0.25) is 14.4 Å². The maximum Gasteiger partial charge on any atom is 0.266 e. The topological polar surface area (TPSA) is 66.5 Å². The van der Waals surface area contributed by atoms with Gasteiger partial charge in [-0.2, -0.15) is 0 Å². The van der Waals surface area contributed by atoms with Crippen molar-refractivity contribution in [2.75, 3.05) is 4.90 Å². The van der Waals surface area contributed by atoms with Gasteiger partial charge in [-0.05, 0) is 67.1 Å². The minimum atomic E-state index is -0.396. The molecular weight excluding hydrogens is 388 g/mol. The van der Waals surface area contributed by atoms with Crippen LogP contribution in [0.25, 0.3) is 0 Å². The summed E-state index contributed by atoms with van der Waals surface area (Å²) in [7, 11) is 0. The third kappa shape index (κ3) is 3.22. The van der Waals surface area contributed by atoms with Gasteiger partial charge in [0, 0.05) is 5.56 Å². The third-order valence-electron chi connectivity index (χ3n) is 6.18. The molecule has 31 heavy (non-hydrogen) atoms. The highest BCUT2D eigenvalue weighted by molar-refractivity contribution is 6.35. The monoisotopic (exact) mass is 410 g/mol. The zero-order valence-corrected chi connectivity index (χ0v) is 17.2. The van der Waals surface area contributed by atoms with Crippen LogP contribution in [0.1, 0.15) is 66.6 Å². The van der Waals surface area contributed by atoms with E-state index in [1.165, 1.54) is 16.5 Å². The second-order valence-electron chi connectivity index (χ2n) is 8.11. The lowest BCUT2D eigenvalue weighted by Crippen LogP contribution is -2.31. The molecule has 1 heterocycles. The highest BCUT2D eigenvalue weighted by atomic mass is 16.2. The molecule has 1 N–H and O–H groups in total. The predicted octanol–water partition coefficient (Wildman–Crippen LogP) is 4.60.